The van der Waals surface area contributed by atoms with Crippen molar-refractivity contribution in [2.24, 2.45) is 5.73 Å². The van der Waals surface area contributed by atoms with Gasteiger partial charge in [-0.3, -0.25) is 4.57 Å². The molecule has 6 heteroatoms. The molecule has 0 radical (unpaired) electrons. The van der Waals surface area contributed by atoms with E-state index in [0.717, 1.165) is 22.0 Å². The standard InChI is InChI=1S/C12H10N4S2/c13-10(17)7-11-15-8-3-1-2-4-9(8)16(11)12-14-5-6-18-12/h1-6H,7H2,(H2,13,17). The average Bonchev–Trinajstić information content (AvgIpc) is 2.93. The Balaban J connectivity index is 2.27. The van der Waals surface area contributed by atoms with Crippen LogP contribution in [0.1, 0.15) is 5.82 Å². The zero-order valence-corrected chi connectivity index (χ0v) is 11.0. The number of aromatic nitrogens is 3. The molecule has 2 N–H and O–H groups in total. The molecule has 0 fully saturated rings. The maximum absolute atomic E-state index is 5.63. The number of benzene rings is 1. The molecule has 0 saturated heterocycles. The molecule has 90 valence electrons. The predicted molar refractivity (Wildman–Crippen MR) is 77.2 cm³/mol. The molecule has 0 amide bonds. The highest BCUT2D eigenvalue weighted by molar-refractivity contribution is 7.80. The molecule has 0 unspecified atom stereocenters. The third kappa shape index (κ3) is 1.89. The van der Waals surface area contributed by atoms with E-state index in [9.17, 15) is 0 Å². The molecule has 0 aliphatic heterocycles. The van der Waals surface area contributed by atoms with Gasteiger partial charge in [-0.05, 0) is 12.1 Å². The Morgan fingerprint density at radius 3 is 2.94 bits per heavy atom. The highest BCUT2D eigenvalue weighted by Crippen LogP contribution is 2.23. The molecule has 0 spiro atoms. The Morgan fingerprint density at radius 1 is 1.39 bits per heavy atom. The summed E-state index contributed by atoms with van der Waals surface area (Å²) in [6, 6.07) is 7.94. The van der Waals surface area contributed by atoms with Gasteiger partial charge in [-0.1, -0.05) is 24.4 Å². The topological polar surface area (TPSA) is 56.7 Å². The lowest BCUT2D eigenvalue weighted by atomic mass is 10.3. The largest absolute Gasteiger partial charge is 0.393 e. The van der Waals surface area contributed by atoms with Crippen LogP contribution < -0.4 is 5.73 Å². The van der Waals surface area contributed by atoms with E-state index in [2.05, 4.69) is 9.97 Å². The molecular weight excluding hydrogens is 264 g/mol. The summed E-state index contributed by atoms with van der Waals surface area (Å²) in [5, 5.41) is 2.82. The lowest BCUT2D eigenvalue weighted by molar-refractivity contribution is 0.955. The second kappa shape index (κ2) is 4.47. The van der Waals surface area contributed by atoms with Crippen molar-refractivity contribution in [3.63, 3.8) is 0 Å². The van der Waals surface area contributed by atoms with Crippen molar-refractivity contribution in [2.45, 2.75) is 6.42 Å². The molecule has 0 aliphatic carbocycles. The highest BCUT2D eigenvalue weighted by Gasteiger charge is 2.14. The first kappa shape index (κ1) is 11.3. The van der Waals surface area contributed by atoms with Crippen LogP contribution in [0.5, 0.6) is 0 Å². The Labute approximate surface area is 113 Å². The Kier molecular flexibility index (Phi) is 2.81. The number of nitrogens with two attached hydrogens (primary N) is 1. The summed E-state index contributed by atoms with van der Waals surface area (Å²) in [5.74, 6) is 0.832. The summed E-state index contributed by atoms with van der Waals surface area (Å²) in [5.41, 5.74) is 7.59. The predicted octanol–water partition coefficient (Wildman–Crippen LogP) is 2.31. The fourth-order valence-corrected chi connectivity index (χ4v) is 2.69. The molecule has 0 saturated carbocycles. The minimum Gasteiger partial charge on any atom is -0.393 e. The van der Waals surface area contributed by atoms with E-state index in [-0.39, 0.29) is 0 Å². The van der Waals surface area contributed by atoms with Crippen molar-refractivity contribution in [1.29, 1.82) is 0 Å². The SMILES string of the molecule is NC(=S)Cc1nc2ccccc2n1-c1nccs1. The minimum atomic E-state index is 0.433. The number of hydrogen-bond donors (Lipinski definition) is 1. The summed E-state index contributed by atoms with van der Waals surface area (Å²) in [7, 11) is 0. The van der Waals surface area contributed by atoms with E-state index in [4.69, 9.17) is 18.0 Å². The third-order valence-corrected chi connectivity index (χ3v) is 3.47. The molecule has 3 rings (SSSR count). The van der Waals surface area contributed by atoms with Gasteiger partial charge in [0.2, 0.25) is 0 Å². The van der Waals surface area contributed by atoms with Gasteiger partial charge in [0.15, 0.2) is 5.13 Å². The first-order valence-electron chi connectivity index (χ1n) is 5.40. The van der Waals surface area contributed by atoms with E-state index < -0.39 is 0 Å². The molecule has 0 bridgehead atoms. The average molecular weight is 274 g/mol. The number of fused-ring (bicyclic) bond motifs is 1. The summed E-state index contributed by atoms with van der Waals surface area (Å²) in [6.45, 7) is 0. The van der Waals surface area contributed by atoms with Crippen LogP contribution in [-0.4, -0.2) is 19.5 Å². The zero-order chi connectivity index (χ0) is 12.5. The van der Waals surface area contributed by atoms with Gasteiger partial charge in [0.25, 0.3) is 0 Å². The van der Waals surface area contributed by atoms with Crippen LogP contribution in [0.2, 0.25) is 0 Å². The molecule has 1 aromatic carbocycles. The summed E-state index contributed by atoms with van der Waals surface area (Å²) in [4.78, 5) is 9.34. The van der Waals surface area contributed by atoms with Crippen molar-refractivity contribution in [2.75, 3.05) is 0 Å². The Hall–Kier alpha value is -1.79. The van der Waals surface area contributed by atoms with E-state index in [1.165, 1.54) is 0 Å². The van der Waals surface area contributed by atoms with Gasteiger partial charge in [-0.2, -0.15) is 0 Å². The van der Waals surface area contributed by atoms with Crippen LogP contribution in [-0.2, 0) is 6.42 Å². The van der Waals surface area contributed by atoms with Gasteiger partial charge in [-0.25, -0.2) is 9.97 Å². The summed E-state index contributed by atoms with van der Waals surface area (Å²) >= 11 is 6.54. The van der Waals surface area contributed by atoms with Crippen molar-refractivity contribution in [3.05, 3.63) is 41.7 Å². The first-order valence-corrected chi connectivity index (χ1v) is 6.69. The molecule has 3 aromatic rings. The van der Waals surface area contributed by atoms with E-state index in [1.54, 1.807) is 17.5 Å². The molecule has 18 heavy (non-hydrogen) atoms. The van der Waals surface area contributed by atoms with Crippen LogP contribution in [0.15, 0.2) is 35.8 Å². The van der Waals surface area contributed by atoms with Crippen LogP contribution >= 0.6 is 23.6 Å². The highest BCUT2D eigenvalue weighted by atomic mass is 32.1. The molecular formula is C12H10N4S2. The van der Waals surface area contributed by atoms with Crippen LogP contribution in [0.25, 0.3) is 16.2 Å². The monoisotopic (exact) mass is 274 g/mol. The number of para-hydroxylation sites is 2. The van der Waals surface area contributed by atoms with Gasteiger partial charge < -0.3 is 5.73 Å². The summed E-state index contributed by atoms with van der Waals surface area (Å²) in [6.07, 6.45) is 2.25. The van der Waals surface area contributed by atoms with Crippen LogP contribution in [0, 0.1) is 0 Å². The maximum atomic E-state index is 5.63. The second-order valence-electron chi connectivity index (χ2n) is 3.81. The van der Waals surface area contributed by atoms with Crippen molar-refractivity contribution in [1.82, 2.24) is 14.5 Å². The fourth-order valence-electron chi connectivity index (χ4n) is 1.89. The lowest BCUT2D eigenvalue weighted by Crippen LogP contribution is -2.14. The van der Waals surface area contributed by atoms with E-state index >= 15 is 0 Å². The lowest BCUT2D eigenvalue weighted by Gasteiger charge is -2.04. The van der Waals surface area contributed by atoms with E-state index in [0.29, 0.717) is 11.4 Å². The van der Waals surface area contributed by atoms with Gasteiger partial charge in [0.1, 0.15) is 5.82 Å². The minimum absolute atomic E-state index is 0.433. The van der Waals surface area contributed by atoms with Gasteiger partial charge in [0.05, 0.1) is 22.4 Å². The third-order valence-electron chi connectivity index (χ3n) is 2.57. The maximum Gasteiger partial charge on any atom is 0.195 e. The molecule has 4 nitrogen and oxygen atoms in total. The quantitative estimate of drug-likeness (QED) is 0.745. The molecule has 2 aromatic heterocycles. The number of imidazole rings is 1. The number of nitrogens with zero attached hydrogens (tertiary/aromatic N) is 3. The second-order valence-corrected chi connectivity index (χ2v) is 5.21. The Morgan fingerprint density at radius 2 is 2.22 bits per heavy atom. The first-order chi connectivity index (χ1) is 8.75. The van der Waals surface area contributed by atoms with Gasteiger partial charge in [-0.15, -0.1) is 11.3 Å². The summed E-state index contributed by atoms with van der Waals surface area (Å²) < 4.78 is 2.01. The van der Waals surface area contributed by atoms with Crippen LogP contribution in [0.4, 0.5) is 0 Å². The zero-order valence-electron chi connectivity index (χ0n) is 9.41. The normalized spacial score (nSPS) is 10.9. The fraction of sp³-hybridized carbons (Fsp3) is 0.0833. The smallest absolute Gasteiger partial charge is 0.195 e. The van der Waals surface area contributed by atoms with Gasteiger partial charge >= 0.3 is 0 Å². The van der Waals surface area contributed by atoms with Crippen LogP contribution in [0.3, 0.4) is 0 Å². The Bertz CT molecular complexity index is 700. The molecule has 2 heterocycles. The number of thiazole rings is 1. The number of thiocarbonyl (C=S) groups is 1. The van der Waals surface area contributed by atoms with Crippen molar-refractivity contribution < 1.29 is 0 Å². The van der Waals surface area contributed by atoms with E-state index in [1.807, 2.05) is 34.2 Å². The number of rotatable bonds is 3. The van der Waals surface area contributed by atoms with Crippen molar-refractivity contribution >= 4 is 39.6 Å². The van der Waals surface area contributed by atoms with Gasteiger partial charge in [0, 0.05) is 11.6 Å². The number of hydrogen-bond acceptors (Lipinski definition) is 4. The molecule has 0 atom stereocenters. The van der Waals surface area contributed by atoms with Crippen molar-refractivity contribution in [3.8, 4) is 5.13 Å². The molecule has 0 aliphatic rings.